The highest BCUT2D eigenvalue weighted by molar-refractivity contribution is 5.65. The smallest absolute Gasteiger partial charge is 0.302 e. The molecule has 12 heavy (non-hydrogen) atoms. The molecule has 0 fully saturated rings. The number of carbonyl (C=O) groups excluding carboxylic acids is 1. The number of carbonyl (C=O) groups is 1. The maximum atomic E-state index is 10.6. The molecule has 2 nitrogen and oxygen atoms in total. The lowest BCUT2D eigenvalue weighted by atomic mass is 9.85. The maximum absolute atomic E-state index is 10.6. The third-order valence-electron chi connectivity index (χ3n) is 2.42. The van der Waals surface area contributed by atoms with E-state index in [9.17, 15) is 4.79 Å². The normalized spacial score (nSPS) is 28.5. The van der Waals surface area contributed by atoms with Crippen molar-refractivity contribution in [2.24, 2.45) is 11.8 Å². The molecule has 0 aromatic rings. The van der Waals surface area contributed by atoms with E-state index in [4.69, 9.17) is 4.74 Å². The van der Waals surface area contributed by atoms with Crippen molar-refractivity contribution in [3.8, 4) is 0 Å². The zero-order chi connectivity index (χ0) is 8.97. The van der Waals surface area contributed by atoms with Crippen molar-refractivity contribution in [3.05, 3.63) is 12.2 Å². The molecule has 1 rings (SSSR count). The van der Waals surface area contributed by atoms with Crippen LogP contribution in [0.15, 0.2) is 12.2 Å². The Labute approximate surface area is 73.6 Å². The molecule has 0 bridgehead atoms. The minimum Gasteiger partial charge on any atom is -0.466 e. The molecule has 2 heteroatoms. The van der Waals surface area contributed by atoms with Crippen LogP contribution in [0.5, 0.6) is 0 Å². The second-order valence-corrected chi connectivity index (χ2v) is 3.48. The average Bonchev–Trinajstić information content (AvgIpc) is 2.03. The molecule has 1 aliphatic carbocycles. The Balaban J connectivity index is 2.31. The van der Waals surface area contributed by atoms with Gasteiger partial charge < -0.3 is 4.74 Å². The molecule has 0 unspecified atom stereocenters. The number of hydrogen-bond acceptors (Lipinski definition) is 2. The monoisotopic (exact) mass is 168 g/mol. The fourth-order valence-electron chi connectivity index (χ4n) is 1.46. The summed E-state index contributed by atoms with van der Waals surface area (Å²) in [4.78, 5) is 10.6. The van der Waals surface area contributed by atoms with Crippen molar-refractivity contribution in [2.45, 2.75) is 26.7 Å². The minimum atomic E-state index is -0.170. The Morgan fingerprint density at radius 1 is 1.50 bits per heavy atom. The van der Waals surface area contributed by atoms with Gasteiger partial charge in [0, 0.05) is 6.92 Å². The summed E-state index contributed by atoms with van der Waals surface area (Å²) in [5.74, 6) is 1.00. The van der Waals surface area contributed by atoms with Gasteiger partial charge in [0.05, 0.1) is 6.61 Å². The topological polar surface area (TPSA) is 26.3 Å². The fraction of sp³-hybridized carbons (Fsp3) is 0.700. The lowest BCUT2D eigenvalue weighted by molar-refractivity contribution is -0.142. The number of ether oxygens (including phenoxy) is 1. The second kappa shape index (κ2) is 4.29. The third-order valence-corrected chi connectivity index (χ3v) is 2.42. The summed E-state index contributed by atoms with van der Waals surface area (Å²) in [6.07, 6.45) is 6.55. The van der Waals surface area contributed by atoms with Crippen LogP contribution in [0.1, 0.15) is 26.7 Å². The van der Waals surface area contributed by atoms with Crippen molar-refractivity contribution in [1.29, 1.82) is 0 Å². The molecule has 0 aromatic carbocycles. The summed E-state index contributed by atoms with van der Waals surface area (Å²) in [7, 11) is 0. The van der Waals surface area contributed by atoms with Gasteiger partial charge in [-0.15, -0.1) is 0 Å². The Bertz CT molecular complexity index is 184. The third kappa shape index (κ3) is 2.68. The SMILES string of the molecule is CC(=O)OC[C@@H]1CC=CC[C@H]1C. The Morgan fingerprint density at radius 3 is 2.75 bits per heavy atom. The van der Waals surface area contributed by atoms with E-state index in [-0.39, 0.29) is 5.97 Å². The van der Waals surface area contributed by atoms with Crippen molar-refractivity contribution in [1.82, 2.24) is 0 Å². The quantitative estimate of drug-likeness (QED) is 0.466. The summed E-state index contributed by atoms with van der Waals surface area (Å²) >= 11 is 0. The van der Waals surface area contributed by atoms with Crippen molar-refractivity contribution < 1.29 is 9.53 Å². The highest BCUT2D eigenvalue weighted by atomic mass is 16.5. The van der Waals surface area contributed by atoms with Gasteiger partial charge >= 0.3 is 5.97 Å². The van der Waals surface area contributed by atoms with Crippen molar-refractivity contribution >= 4 is 5.97 Å². The Hall–Kier alpha value is -0.790. The van der Waals surface area contributed by atoms with Crippen LogP contribution in [0.25, 0.3) is 0 Å². The molecule has 0 radical (unpaired) electrons. The summed E-state index contributed by atoms with van der Waals surface area (Å²) in [5.41, 5.74) is 0. The number of allylic oxidation sites excluding steroid dienone is 2. The molecule has 0 N–H and O–H groups in total. The number of esters is 1. The molecule has 0 saturated carbocycles. The van der Waals surface area contributed by atoms with E-state index < -0.39 is 0 Å². The summed E-state index contributed by atoms with van der Waals surface area (Å²) < 4.78 is 4.98. The van der Waals surface area contributed by atoms with Gasteiger partial charge in [0.2, 0.25) is 0 Å². The lowest BCUT2D eigenvalue weighted by Crippen LogP contribution is -2.20. The first-order valence-electron chi connectivity index (χ1n) is 4.48. The number of hydrogen-bond donors (Lipinski definition) is 0. The van der Waals surface area contributed by atoms with E-state index in [1.807, 2.05) is 0 Å². The molecule has 2 atom stereocenters. The van der Waals surface area contributed by atoms with Gasteiger partial charge in [-0.3, -0.25) is 4.79 Å². The first kappa shape index (κ1) is 9.30. The van der Waals surface area contributed by atoms with E-state index in [0.29, 0.717) is 18.4 Å². The van der Waals surface area contributed by atoms with Crippen LogP contribution < -0.4 is 0 Å². The zero-order valence-corrected chi connectivity index (χ0v) is 7.75. The van der Waals surface area contributed by atoms with Crippen LogP contribution in [0, 0.1) is 11.8 Å². The molecule has 1 aliphatic rings. The zero-order valence-electron chi connectivity index (χ0n) is 7.75. The minimum absolute atomic E-state index is 0.170. The van der Waals surface area contributed by atoms with Crippen LogP contribution in [-0.4, -0.2) is 12.6 Å². The van der Waals surface area contributed by atoms with Gasteiger partial charge in [0.15, 0.2) is 0 Å². The maximum Gasteiger partial charge on any atom is 0.302 e. The largest absolute Gasteiger partial charge is 0.466 e. The summed E-state index contributed by atoms with van der Waals surface area (Å²) in [6.45, 7) is 4.25. The first-order valence-corrected chi connectivity index (χ1v) is 4.48. The molecule has 0 amide bonds. The molecule has 0 heterocycles. The van der Waals surface area contributed by atoms with Gasteiger partial charge in [-0.1, -0.05) is 19.1 Å². The van der Waals surface area contributed by atoms with Crippen molar-refractivity contribution in [3.63, 3.8) is 0 Å². The van der Waals surface area contributed by atoms with Gasteiger partial charge in [-0.2, -0.15) is 0 Å². The standard InChI is InChI=1S/C10H16O2/c1-8-5-3-4-6-10(8)7-12-9(2)11/h3-4,8,10H,5-7H2,1-2H3/t8-,10+/m1/s1. The second-order valence-electron chi connectivity index (χ2n) is 3.48. The van der Waals surface area contributed by atoms with E-state index in [1.54, 1.807) is 0 Å². The van der Waals surface area contributed by atoms with Crippen LogP contribution >= 0.6 is 0 Å². The van der Waals surface area contributed by atoms with Crippen LogP contribution in [0.3, 0.4) is 0 Å². The lowest BCUT2D eigenvalue weighted by Gasteiger charge is -2.24. The first-order chi connectivity index (χ1) is 5.70. The van der Waals surface area contributed by atoms with E-state index in [1.165, 1.54) is 6.92 Å². The highest BCUT2D eigenvalue weighted by Crippen LogP contribution is 2.24. The van der Waals surface area contributed by atoms with Crippen molar-refractivity contribution in [2.75, 3.05) is 6.61 Å². The van der Waals surface area contributed by atoms with E-state index in [2.05, 4.69) is 19.1 Å². The van der Waals surface area contributed by atoms with Gasteiger partial charge in [0.25, 0.3) is 0 Å². The van der Waals surface area contributed by atoms with Crippen LogP contribution in [-0.2, 0) is 9.53 Å². The predicted octanol–water partition coefficient (Wildman–Crippen LogP) is 2.15. The average molecular weight is 168 g/mol. The predicted molar refractivity (Wildman–Crippen MR) is 47.7 cm³/mol. The van der Waals surface area contributed by atoms with E-state index >= 15 is 0 Å². The molecule has 0 saturated heterocycles. The Morgan fingerprint density at radius 2 is 2.17 bits per heavy atom. The van der Waals surface area contributed by atoms with E-state index in [0.717, 1.165) is 12.8 Å². The molecular weight excluding hydrogens is 152 g/mol. The van der Waals surface area contributed by atoms with Crippen LogP contribution in [0.2, 0.25) is 0 Å². The Kier molecular flexibility index (Phi) is 3.32. The molecule has 0 aliphatic heterocycles. The fourth-order valence-corrected chi connectivity index (χ4v) is 1.46. The van der Waals surface area contributed by atoms with Gasteiger partial charge in [0.1, 0.15) is 0 Å². The summed E-state index contributed by atoms with van der Waals surface area (Å²) in [5, 5.41) is 0. The molecule has 68 valence electrons. The molecular formula is C10H16O2. The van der Waals surface area contributed by atoms with Crippen LogP contribution in [0.4, 0.5) is 0 Å². The summed E-state index contributed by atoms with van der Waals surface area (Å²) in [6, 6.07) is 0. The van der Waals surface area contributed by atoms with Gasteiger partial charge in [-0.25, -0.2) is 0 Å². The number of rotatable bonds is 2. The molecule has 0 spiro atoms. The molecule has 0 aromatic heterocycles. The highest BCUT2D eigenvalue weighted by Gasteiger charge is 2.18. The van der Waals surface area contributed by atoms with Gasteiger partial charge in [-0.05, 0) is 24.7 Å².